The van der Waals surface area contributed by atoms with Gasteiger partial charge >= 0.3 is 6.18 Å². The van der Waals surface area contributed by atoms with Gasteiger partial charge in [-0.2, -0.15) is 13.2 Å². The Morgan fingerprint density at radius 1 is 1.14 bits per heavy atom. The van der Waals surface area contributed by atoms with Crippen LogP contribution in [-0.2, 0) is 11.4 Å². The second kappa shape index (κ2) is 14.0. The van der Waals surface area contributed by atoms with Gasteiger partial charge in [0.15, 0.2) is 28.6 Å². The van der Waals surface area contributed by atoms with Gasteiger partial charge < -0.3 is 44.2 Å². The molecule has 11 nitrogen and oxygen atoms in total. The zero-order valence-electron chi connectivity index (χ0n) is 23.6. The number of furan rings is 1. The lowest BCUT2D eigenvalue weighted by Gasteiger charge is -2.40. The zero-order chi connectivity index (χ0) is 32.2. The fourth-order valence-electron chi connectivity index (χ4n) is 4.87. The highest BCUT2D eigenvalue weighted by molar-refractivity contribution is 14.1. The Morgan fingerprint density at radius 3 is 2.50 bits per heavy atom. The number of hydrogen-bond acceptors (Lipinski definition) is 9. The van der Waals surface area contributed by atoms with Crippen molar-refractivity contribution < 1.29 is 56.7 Å². The molecule has 2 aromatic carbocycles. The minimum Gasteiger partial charge on any atom is -0.493 e. The van der Waals surface area contributed by atoms with Crippen LogP contribution in [0.4, 0.5) is 13.2 Å². The summed E-state index contributed by atoms with van der Waals surface area (Å²) in [6.45, 7) is -2.62. The average Bonchev–Trinajstić information content (AvgIpc) is 3.44. The molecule has 0 bridgehead atoms. The van der Waals surface area contributed by atoms with Crippen LogP contribution in [-0.4, -0.2) is 90.4 Å². The van der Waals surface area contributed by atoms with Crippen LogP contribution in [0.5, 0.6) is 17.2 Å². The first-order valence-corrected chi connectivity index (χ1v) is 14.3. The summed E-state index contributed by atoms with van der Waals surface area (Å²) in [7, 11) is 2.71. The summed E-state index contributed by atoms with van der Waals surface area (Å²) in [5.41, 5.74) is 0.559. The van der Waals surface area contributed by atoms with Crippen LogP contribution in [0.1, 0.15) is 22.5 Å². The van der Waals surface area contributed by atoms with Gasteiger partial charge in [-0.05, 0) is 58.5 Å². The monoisotopic (exact) mass is 734 g/mol. The highest BCUT2D eigenvalue weighted by Crippen LogP contribution is 2.38. The molecule has 3 unspecified atom stereocenters. The van der Waals surface area contributed by atoms with Crippen molar-refractivity contribution in [3.05, 3.63) is 62.9 Å². The van der Waals surface area contributed by atoms with Gasteiger partial charge in [-0.25, -0.2) is 0 Å². The number of nitrogens with one attached hydrogen (secondary N) is 1. The van der Waals surface area contributed by atoms with E-state index in [1.807, 2.05) is 22.6 Å². The molecule has 1 aliphatic rings. The van der Waals surface area contributed by atoms with E-state index in [-0.39, 0.29) is 41.6 Å². The number of fused-ring (bicyclic) bond motifs is 1. The van der Waals surface area contributed by atoms with Gasteiger partial charge in [-0.1, -0.05) is 12.1 Å². The molecule has 0 spiro atoms. The van der Waals surface area contributed by atoms with Crippen molar-refractivity contribution in [2.24, 2.45) is 0 Å². The summed E-state index contributed by atoms with van der Waals surface area (Å²) in [4.78, 5) is 27.1. The van der Waals surface area contributed by atoms with Crippen LogP contribution >= 0.6 is 22.6 Å². The van der Waals surface area contributed by atoms with Gasteiger partial charge in [0.05, 0.1) is 37.0 Å². The first-order chi connectivity index (χ1) is 20.9. The molecule has 0 fully saturated rings. The molecule has 0 aliphatic heterocycles. The van der Waals surface area contributed by atoms with Crippen LogP contribution in [0.2, 0.25) is 0 Å². The van der Waals surface area contributed by atoms with Gasteiger partial charge in [0.2, 0.25) is 5.91 Å². The smallest absolute Gasteiger partial charge is 0.406 e. The average molecular weight is 734 g/mol. The predicted octanol–water partition coefficient (Wildman–Crippen LogP) is 3.17. The molecule has 4 N–H and O–H groups in total. The number of nitrogens with zero attached hydrogens (tertiary/aromatic N) is 1. The Labute approximate surface area is 263 Å². The third-order valence-corrected chi connectivity index (χ3v) is 7.69. The maximum Gasteiger partial charge on any atom is 0.406 e. The Hall–Kier alpha value is -3.54. The van der Waals surface area contributed by atoms with Crippen molar-refractivity contribution in [1.29, 1.82) is 0 Å². The van der Waals surface area contributed by atoms with E-state index in [9.17, 15) is 33.0 Å². The number of benzene rings is 2. The number of ether oxygens (including phenoxy) is 3. The van der Waals surface area contributed by atoms with Gasteiger partial charge in [-0.15, -0.1) is 0 Å². The van der Waals surface area contributed by atoms with Crippen molar-refractivity contribution >= 4 is 45.4 Å². The van der Waals surface area contributed by atoms with Gasteiger partial charge in [0.1, 0.15) is 18.8 Å². The third kappa shape index (κ3) is 7.39. The lowest BCUT2D eigenvalue weighted by molar-refractivity contribution is -0.151. The van der Waals surface area contributed by atoms with Gasteiger partial charge in [0.25, 0.3) is 5.91 Å². The molecule has 1 heterocycles. The van der Waals surface area contributed by atoms with E-state index in [2.05, 4.69) is 5.32 Å². The zero-order valence-corrected chi connectivity index (χ0v) is 25.7. The van der Waals surface area contributed by atoms with E-state index in [0.29, 0.717) is 19.4 Å². The van der Waals surface area contributed by atoms with E-state index < -0.39 is 61.6 Å². The highest BCUT2D eigenvalue weighted by atomic mass is 127. The van der Waals surface area contributed by atoms with Crippen LogP contribution in [0.25, 0.3) is 11.0 Å². The number of aliphatic hydroxyl groups is 3. The number of hydrogen-bond donors (Lipinski definition) is 4. The third-order valence-electron chi connectivity index (χ3n) is 6.89. The summed E-state index contributed by atoms with van der Waals surface area (Å²) in [5, 5.41) is 33.0. The maximum absolute atomic E-state index is 14.0. The molecule has 3 atom stereocenters. The number of rotatable bonds is 11. The SMILES string of the molecule is COc1cc(CO)cc(I)c1OC1C=C(C(=O)NCCO)CC(N(CC(F)(F)F)C(=O)c2cc3cccc(OC)c3o2)C1O. The fourth-order valence-corrected chi connectivity index (χ4v) is 5.66. The molecule has 44 heavy (non-hydrogen) atoms. The number of methoxy groups -OCH3 is 2. The number of alkyl halides is 3. The molecule has 2 amide bonds. The Balaban J connectivity index is 1.78. The second-order valence-electron chi connectivity index (χ2n) is 9.82. The molecular weight excluding hydrogens is 704 g/mol. The number of carbonyl (C=O) groups excluding carboxylic acids is 2. The first kappa shape index (κ1) is 33.4. The Kier molecular flexibility index (Phi) is 10.6. The maximum atomic E-state index is 14.0. The second-order valence-corrected chi connectivity index (χ2v) is 11.0. The fraction of sp³-hybridized carbons (Fsp3) is 0.379. The molecular formula is C29H30F3IN2O9. The van der Waals surface area contributed by atoms with Crippen LogP contribution in [0.3, 0.4) is 0 Å². The summed E-state index contributed by atoms with van der Waals surface area (Å²) >= 11 is 1.90. The van der Waals surface area contributed by atoms with Crippen molar-refractivity contribution in [1.82, 2.24) is 10.2 Å². The number of para-hydroxylation sites is 1. The van der Waals surface area contributed by atoms with Crippen LogP contribution in [0, 0.1) is 3.57 Å². The molecule has 1 aromatic heterocycles. The van der Waals surface area contributed by atoms with Crippen molar-refractivity contribution in [3.63, 3.8) is 0 Å². The van der Waals surface area contributed by atoms with Crippen LogP contribution in [0.15, 0.2) is 52.5 Å². The number of aliphatic hydroxyl groups excluding tert-OH is 3. The lowest BCUT2D eigenvalue weighted by atomic mass is 9.88. The van der Waals surface area contributed by atoms with E-state index in [1.165, 1.54) is 32.4 Å². The Bertz CT molecular complexity index is 1540. The standard InChI is InChI=1S/C29H30F3IN2O9/c1-41-20-5-3-4-16-11-23(44-25(16)20)28(40)35(14-29(30,31)32)19-10-17(27(39)34-6-7-36)12-21(24(19)38)43-26-18(33)8-15(13-37)9-22(26)42-2/h3-5,8-9,11-12,19,21,24,36-38H,6-7,10,13-14H2,1-2H3,(H,34,39). The lowest BCUT2D eigenvalue weighted by Crippen LogP contribution is -2.57. The Morgan fingerprint density at radius 2 is 1.86 bits per heavy atom. The quantitative estimate of drug-likeness (QED) is 0.218. The number of halogens is 4. The van der Waals surface area contributed by atoms with E-state index in [0.717, 1.165) is 0 Å². The normalized spacial score (nSPS) is 18.5. The van der Waals surface area contributed by atoms with E-state index >= 15 is 0 Å². The summed E-state index contributed by atoms with van der Waals surface area (Å²) in [6, 6.07) is 7.50. The minimum absolute atomic E-state index is 0.0778. The highest BCUT2D eigenvalue weighted by Gasteiger charge is 2.45. The van der Waals surface area contributed by atoms with E-state index in [4.69, 9.17) is 23.7 Å². The van der Waals surface area contributed by atoms with Crippen molar-refractivity contribution in [3.8, 4) is 17.2 Å². The first-order valence-electron chi connectivity index (χ1n) is 13.3. The topological polar surface area (TPSA) is 151 Å². The summed E-state index contributed by atoms with van der Waals surface area (Å²) in [6.07, 6.45) is -7.29. The molecule has 0 saturated heterocycles. The molecule has 0 saturated carbocycles. The minimum atomic E-state index is -4.89. The van der Waals surface area contributed by atoms with Crippen molar-refractivity contribution in [2.75, 3.05) is 33.9 Å². The molecule has 238 valence electrons. The molecule has 3 aromatic rings. The van der Waals surface area contributed by atoms with Crippen LogP contribution < -0.4 is 19.5 Å². The van der Waals surface area contributed by atoms with E-state index in [1.54, 1.807) is 24.3 Å². The number of carbonyl (C=O) groups is 2. The molecule has 15 heteroatoms. The largest absolute Gasteiger partial charge is 0.493 e. The molecule has 1 aliphatic carbocycles. The van der Waals surface area contributed by atoms with Gasteiger partial charge in [0, 0.05) is 23.9 Å². The molecule has 0 radical (unpaired) electrons. The van der Waals surface area contributed by atoms with Crippen molar-refractivity contribution in [2.45, 2.75) is 37.5 Å². The predicted molar refractivity (Wildman–Crippen MR) is 158 cm³/mol. The summed E-state index contributed by atoms with van der Waals surface area (Å²) < 4.78 is 64.6. The summed E-state index contributed by atoms with van der Waals surface area (Å²) in [5.74, 6) is -1.82. The molecule has 4 rings (SSSR count). The van der Waals surface area contributed by atoms with Gasteiger partial charge in [-0.3, -0.25) is 9.59 Å². The number of amides is 2.